The van der Waals surface area contributed by atoms with E-state index in [1.54, 1.807) is 16.2 Å². The molecule has 3 amide bonds. The zero-order valence-corrected chi connectivity index (χ0v) is 15.7. The van der Waals surface area contributed by atoms with E-state index in [-0.39, 0.29) is 23.9 Å². The standard InChI is InChI=1S/C18H25FN4O2S/c19-10-12-9-16(24)23(11-12)13-5-7-22(8-6-13)18(25)21-17-20-14-3-1-2-4-15(14)26-17/h12-13H,1-11H2,(H,20,21,25). The van der Waals surface area contributed by atoms with Crippen LogP contribution >= 0.6 is 11.3 Å². The normalized spacial score (nSPS) is 24.0. The molecule has 1 unspecified atom stereocenters. The molecule has 2 aliphatic heterocycles. The maximum atomic E-state index is 12.8. The summed E-state index contributed by atoms with van der Waals surface area (Å²) in [5.74, 6) is -0.0938. The van der Waals surface area contributed by atoms with Crippen molar-refractivity contribution in [3.05, 3.63) is 10.6 Å². The Hall–Kier alpha value is -1.70. The highest BCUT2D eigenvalue weighted by atomic mass is 32.1. The third-order valence-electron chi connectivity index (χ3n) is 5.71. The van der Waals surface area contributed by atoms with Gasteiger partial charge in [0.15, 0.2) is 5.13 Å². The maximum absolute atomic E-state index is 12.8. The summed E-state index contributed by atoms with van der Waals surface area (Å²) in [4.78, 5) is 34.1. The first-order chi connectivity index (χ1) is 12.6. The number of rotatable bonds is 3. The van der Waals surface area contributed by atoms with Crippen molar-refractivity contribution in [1.82, 2.24) is 14.8 Å². The van der Waals surface area contributed by atoms with E-state index in [1.807, 2.05) is 4.90 Å². The van der Waals surface area contributed by atoms with E-state index in [1.165, 1.54) is 17.7 Å². The van der Waals surface area contributed by atoms with E-state index < -0.39 is 6.67 Å². The van der Waals surface area contributed by atoms with E-state index in [2.05, 4.69) is 10.3 Å². The molecule has 1 aromatic rings. The van der Waals surface area contributed by atoms with Crippen LogP contribution in [0.1, 0.15) is 42.7 Å². The van der Waals surface area contributed by atoms with Gasteiger partial charge in [-0.05, 0) is 38.5 Å². The number of hydrogen-bond donors (Lipinski definition) is 1. The molecule has 6 nitrogen and oxygen atoms in total. The minimum atomic E-state index is -0.429. The van der Waals surface area contributed by atoms with Crippen LogP contribution in [0.2, 0.25) is 0 Å². The number of urea groups is 1. The second kappa shape index (κ2) is 7.50. The molecule has 0 spiro atoms. The molecule has 8 heteroatoms. The largest absolute Gasteiger partial charge is 0.339 e. The highest BCUT2D eigenvalue weighted by molar-refractivity contribution is 7.15. The quantitative estimate of drug-likeness (QED) is 0.877. The van der Waals surface area contributed by atoms with Crippen LogP contribution in [-0.4, -0.2) is 59.1 Å². The number of likely N-dealkylation sites (tertiary alicyclic amines) is 2. The molecular weight excluding hydrogens is 355 g/mol. The smallest absolute Gasteiger partial charge is 0.323 e. The van der Waals surface area contributed by atoms with Gasteiger partial charge in [-0.2, -0.15) is 0 Å². The summed E-state index contributed by atoms with van der Waals surface area (Å²) < 4.78 is 12.8. The number of piperidine rings is 1. The molecule has 2 fully saturated rings. The van der Waals surface area contributed by atoms with Crippen molar-refractivity contribution in [3.63, 3.8) is 0 Å². The molecule has 0 saturated carbocycles. The molecule has 0 aromatic carbocycles. The minimum Gasteiger partial charge on any atom is -0.339 e. The topological polar surface area (TPSA) is 65.5 Å². The van der Waals surface area contributed by atoms with Gasteiger partial charge in [0.2, 0.25) is 5.91 Å². The highest BCUT2D eigenvalue weighted by Gasteiger charge is 2.36. The van der Waals surface area contributed by atoms with Gasteiger partial charge in [0.05, 0.1) is 12.4 Å². The average Bonchev–Trinajstić information content (AvgIpc) is 3.24. The molecular formula is C18H25FN4O2S. The molecule has 1 aliphatic carbocycles. The van der Waals surface area contributed by atoms with Crippen LogP contribution in [0.5, 0.6) is 0 Å². The molecule has 26 heavy (non-hydrogen) atoms. The predicted molar refractivity (Wildman–Crippen MR) is 98.2 cm³/mol. The Labute approximate surface area is 156 Å². The third kappa shape index (κ3) is 3.56. The van der Waals surface area contributed by atoms with Crippen molar-refractivity contribution < 1.29 is 14.0 Å². The third-order valence-corrected chi connectivity index (χ3v) is 6.78. The molecule has 3 aliphatic rings. The summed E-state index contributed by atoms with van der Waals surface area (Å²) >= 11 is 1.59. The van der Waals surface area contributed by atoms with E-state index in [0.29, 0.717) is 31.2 Å². The van der Waals surface area contributed by atoms with Crippen LogP contribution in [0.4, 0.5) is 14.3 Å². The van der Waals surface area contributed by atoms with Crippen LogP contribution < -0.4 is 5.32 Å². The van der Waals surface area contributed by atoms with Gasteiger partial charge in [-0.25, -0.2) is 9.78 Å². The predicted octanol–water partition coefficient (Wildman–Crippen LogP) is 2.84. The van der Waals surface area contributed by atoms with Gasteiger partial charge in [0.25, 0.3) is 0 Å². The zero-order chi connectivity index (χ0) is 18.1. The Morgan fingerprint density at radius 1 is 1.27 bits per heavy atom. The number of anilines is 1. The average molecular weight is 380 g/mol. The van der Waals surface area contributed by atoms with Crippen LogP contribution in [0.3, 0.4) is 0 Å². The summed E-state index contributed by atoms with van der Waals surface area (Å²) in [6, 6.07) is 0.0270. The molecule has 142 valence electrons. The molecule has 1 N–H and O–H groups in total. The monoisotopic (exact) mass is 380 g/mol. The Kier molecular flexibility index (Phi) is 5.11. The van der Waals surface area contributed by atoms with Crippen molar-refractivity contribution >= 4 is 28.4 Å². The number of carbonyl (C=O) groups is 2. The fraction of sp³-hybridized carbons (Fsp3) is 0.722. The number of thiazole rings is 1. The minimum absolute atomic E-state index is 0.0592. The SMILES string of the molecule is O=C(Nc1nc2c(s1)CCCC2)N1CCC(N2CC(CF)CC2=O)CC1. The van der Waals surface area contributed by atoms with Gasteiger partial charge in [0, 0.05) is 42.9 Å². The summed E-state index contributed by atoms with van der Waals surface area (Å²) in [7, 11) is 0. The van der Waals surface area contributed by atoms with Crippen LogP contribution in [0, 0.1) is 5.92 Å². The lowest BCUT2D eigenvalue weighted by Crippen LogP contribution is -2.48. The Bertz CT molecular complexity index is 663. The molecule has 3 heterocycles. The Morgan fingerprint density at radius 3 is 2.73 bits per heavy atom. The molecule has 1 atom stereocenters. The van der Waals surface area contributed by atoms with Gasteiger partial charge < -0.3 is 9.80 Å². The van der Waals surface area contributed by atoms with Crippen molar-refractivity contribution in [1.29, 1.82) is 0 Å². The van der Waals surface area contributed by atoms with E-state index in [9.17, 15) is 14.0 Å². The number of aromatic nitrogens is 1. The second-order valence-electron chi connectivity index (χ2n) is 7.51. The number of amides is 3. The van der Waals surface area contributed by atoms with Gasteiger partial charge in [-0.15, -0.1) is 11.3 Å². The number of nitrogens with one attached hydrogen (secondary N) is 1. The Morgan fingerprint density at radius 2 is 2.04 bits per heavy atom. The van der Waals surface area contributed by atoms with Crippen LogP contribution in [0.15, 0.2) is 0 Å². The number of aryl methyl sites for hydroxylation is 2. The van der Waals surface area contributed by atoms with Crippen molar-refractivity contribution in [3.8, 4) is 0 Å². The summed E-state index contributed by atoms with van der Waals surface area (Å²) in [6.45, 7) is 1.33. The van der Waals surface area contributed by atoms with E-state index >= 15 is 0 Å². The van der Waals surface area contributed by atoms with E-state index in [4.69, 9.17) is 0 Å². The fourth-order valence-corrected chi connectivity index (χ4v) is 5.26. The number of carbonyl (C=O) groups excluding carboxylic acids is 2. The van der Waals surface area contributed by atoms with Crippen molar-refractivity contribution in [2.45, 2.75) is 51.0 Å². The van der Waals surface area contributed by atoms with Crippen LogP contribution in [-0.2, 0) is 17.6 Å². The molecule has 2 saturated heterocycles. The first-order valence-electron chi connectivity index (χ1n) is 9.54. The number of alkyl halides is 1. The zero-order valence-electron chi connectivity index (χ0n) is 14.9. The maximum Gasteiger partial charge on any atom is 0.323 e. The first kappa shape index (κ1) is 17.7. The summed E-state index contributed by atoms with van der Waals surface area (Å²) in [5.41, 5.74) is 1.14. The molecule has 4 rings (SSSR count). The van der Waals surface area contributed by atoms with Crippen LogP contribution in [0.25, 0.3) is 0 Å². The first-order valence-corrected chi connectivity index (χ1v) is 10.4. The number of fused-ring (bicyclic) bond motifs is 1. The van der Waals surface area contributed by atoms with Gasteiger partial charge in [0.1, 0.15) is 0 Å². The highest BCUT2D eigenvalue weighted by Crippen LogP contribution is 2.30. The number of hydrogen-bond acceptors (Lipinski definition) is 4. The lowest BCUT2D eigenvalue weighted by molar-refractivity contribution is -0.130. The van der Waals surface area contributed by atoms with Crippen molar-refractivity contribution in [2.75, 3.05) is 31.6 Å². The van der Waals surface area contributed by atoms with Gasteiger partial charge >= 0.3 is 6.03 Å². The Balaban J connectivity index is 1.30. The van der Waals surface area contributed by atoms with Gasteiger partial charge in [-0.3, -0.25) is 14.5 Å². The van der Waals surface area contributed by atoms with Crippen molar-refractivity contribution in [2.24, 2.45) is 5.92 Å². The number of nitrogens with zero attached hydrogens (tertiary/aromatic N) is 3. The second-order valence-corrected chi connectivity index (χ2v) is 8.60. The van der Waals surface area contributed by atoms with Gasteiger partial charge in [-0.1, -0.05) is 0 Å². The molecule has 0 bridgehead atoms. The summed E-state index contributed by atoms with van der Waals surface area (Å²) in [6.07, 6.45) is 6.30. The molecule has 0 radical (unpaired) electrons. The summed E-state index contributed by atoms with van der Waals surface area (Å²) in [5, 5.41) is 3.64. The number of halogens is 1. The lowest BCUT2D eigenvalue weighted by Gasteiger charge is -2.36. The van der Waals surface area contributed by atoms with E-state index in [0.717, 1.165) is 31.4 Å². The molecule has 1 aromatic heterocycles. The fourth-order valence-electron chi connectivity index (χ4n) is 4.22. The lowest BCUT2D eigenvalue weighted by atomic mass is 10.0.